The number of hydrogen-bond donors (Lipinski definition) is 0. The maximum atomic E-state index is 12.0. The minimum atomic E-state index is -0.300. The molecule has 1 aliphatic carbocycles. The molecule has 3 fully saturated rings. The molecule has 0 N–H and O–H groups in total. The average Bonchev–Trinajstić information content (AvgIpc) is 3.00. The summed E-state index contributed by atoms with van der Waals surface area (Å²) in [6.45, 7) is 2.59. The minimum absolute atomic E-state index is 0.00106. The van der Waals surface area contributed by atoms with Gasteiger partial charge < -0.3 is 23.4 Å². The molecule has 1 aromatic rings. The van der Waals surface area contributed by atoms with Crippen LogP contribution < -0.4 is 0 Å². The standard InChI is InChI=1S/C20H20O6/c1-10-15-6-12-9-23-18(21)13(12)2-3-14-17(24-14)20(10)7-16(26-19(20)25-15)11-4-5-22-8-11/h2-5,8,10,14-17,19H,6-7,9H2,1H3/b3-2-/t10-,14-,15-,16-,17+,19?,20-/m1/s1. The van der Waals surface area contributed by atoms with Crippen molar-refractivity contribution in [1.82, 2.24) is 0 Å². The van der Waals surface area contributed by atoms with Crippen LogP contribution in [0, 0.1) is 11.3 Å². The van der Waals surface area contributed by atoms with Crippen molar-refractivity contribution in [3.8, 4) is 0 Å². The van der Waals surface area contributed by atoms with Crippen LogP contribution in [-0.2, 0) is 23.7 Å². The molecule has 26 heavy (non-hydrogen) atoms. The van der Waals surface area contributed by atoms with Gasteiger partial charge in [0.05, 0.1) is 41.8 Å². The van der Waals surface area contributed by atoms with Crippen molar-refractivity contribution in [2.24, 2.45) is 11.3 Å². The molecule has 4 aliphatic heterocycles. The highest BCUT2D eigenvalue weighted by Gasteiger charge is 2.70. The number of carbonyl (C=O) groups is 1. The van der Waals surface area contributed by atoms with E-state index >= 15 is 0 Å². The van der Waals surface area contributed by atoms with Gasteiger partial charge in [-0.15, -0.1) is 0 Å². The van der Waals surface area contributed by atoms with Crippen molar-refractivity contribution in [2.75, 3.05) is 6.61 Å². The van der Waals surface area contributed by atoms with E-state index in [2.05, 4.69) is 6.92 Å². The van der Waals surface area contributed by atoms with Gasteiger partial charge in [-0.3, -0.25) is 0 Å². The van der Waals surface area contributed by atoms with Crippen LogP contribution in [0.5, 0.6) is 0 Å². The molecule has 6 rings (SSSR count). The van der Waals surface area contributed by atoms with E-state index in [1.54, 1.807) is 12.5 Å². The lowest BCUT2D eigenvalue weighted by molar-refractivity contribution is -0.154. The first-order valence-electron chi connectivity index (χ1n) is 9.22. The zero-order chi connectivity index (χ0) is 17.5. The van der Waals surface area contributed by atoms with E-state index < -0.39 is 0 Å². The summed E-state index contributed by atoms with van der Waals surface area (Å²) >= 11 is 0. The molecule has 0 radical (unpaired) electrons. The van der Waals surface area contributed by atoms with Crippen molar-refractivity contribution in [2.45, 2.75) is 50.5 Å². The lowest BCUT2D eigenvalue weighted by Crippen LogP contribution is -2.39. The van der Waals surface area contributed by atoms with Gasteiger partial charge in [0.15, 0.2) is 6.29 Å². The number of fused-ring (bicyclic) bond motifs is 2. The molecule has 0 amide bonds. The number of rotatable bonds is 1. The van der Waals surface area contributed by atoms with Crippen molar-refractivity contribution in [3.05, 3.63) is 47.5 Å². The van der Waals surface area contributed by atoms with Gasteiger partial charge in [0, 0.05) is 5.56 Å². The molecule has 7 atom stereocenters. The minimum Gasteiger partial charge on any atom is -0.472 e. The van der Waals surface area contributed by atoms with Crippen molar-refractivity contribution in [3.63, 3.8) is 0 Å². The highest BCUT2D eigenvalue weighted by Crippen LogP contribution is 2.63. The summed E-state index contributed by atoms with van der Waals surface area (Å²) < 4.78 is 29.3. The van der Waals surface area contributed by atoms with Gasteiger partial charge in [0.2, 0.25) is 0 Å². The summed E-state index contributed by atoms with van der Waals surface area (Å²) in [6, 6.07) is 1.95. The second-order valence-electron chi connectivity index (χ2n) is 7.97. The number of carbonyl (C=O) groups excluding carboxylic acids is 1. The summed E-state index contributed by atoms with van der Waals surface area (Å²) in [4.78, 5) is 12.0. The molecule has 3 saturated heterocycles. The summed E-state index contributed by atoms with van der Waals surface area (Å²) in [7, 11) is 0. The third-order valence-electron chi connectivity index (χ3n) is 6.82. The van der Waals surface area contributed by atoms with E-state index in [-0.39, 0.29) is 48.0 Å². The topological polar surface area (TPSA) is 70.4 Å². The Morgan fingerprint density at radius 1 is 1.23 bits per heavy atom. The number of esters is 1. The largest absolute Gasteiger partial charge is 0.472 e. The monoisotopic (exact) mass is 356 g/mol. The molecule has 136 valence electrons. The van der Waals surface area contributed by atoms with Crippen LogP contribution in [0.1, 0.15) is 31.4 Å². The van der Waals surface area contributed by atoms with Crippen LogP contribution in [0.3, 0.4) is 0 Å². The maximum Gasteiger partial charge on any atom is 0.338 e. The lowest BCUT2D eigenvalue weighted by atomic mass is 9.68. The number of hydrogen-bond acceptors (Lipinski definition) is 6. The molecular formula is C20H20O6. The quantitative estimate of drug-likeness (QED) is 0.569. The average molecular weight is 356 g/mol. The Labute approximate surface area is 150 Å². The Kier molecular flexibility index (Phi) is 2.98. The maximum absolute atomic E-state index is 12.0. The van der Waals surface area contributed by atoms with E-state index in [1.165, 1.54) is 0 Å². The SMILES string of the molecule is C[C@@H]1[C@H]2CC3=C(/C=C\[C@H]4O[C@@H]4[C@@]14C[C@H](c1ccoc1)OC4O2)C(=O)OC3. The van der Waals surface area contributed by atoms with Crippen LogP contribution in [-0.4, -0.2) is 37.2 Å². The zero-order valence-corrected chi connectivity index (χ0v) is 14.4. The Bertz CT molecular complexity index is 823. The summed E-state index contributed by atoms with van der Waals surface area (Å²) in [5.74, 6) is 0.0150. The number of furan rings is 1. The van der Waals surface area contributed by atoms with Gasteiger partial charge in [-0.05, 0) is 36.5 Å². The smallest absolute Gasteiger partial charge is 0.338 e. The Hall–Kier alpha value is -1.89. The molecule has 1 unspecified atom stereocenters. The van der Waals surface area contributed by atoms with Crippen molar-refractivity contribution >= 4 is 5.97 Å². The third kappa shape index (κ3) is 1.89. The van der Waals surface area contributed by atoms with Crippen LogP contribution in [0.15, 0.2) is 46.3 Å². The highest BCUT2D eigenvalue weighted by molar-refractivity contribution is 5.94. The second kappa shape index (κ2) is 5.09. The van der Waals surface area contributed by atoms with E-state index in [0.29, 0.717) is 18.6 Å². The number of cyclic esters (lactones) is 1. The first kappa shape index (κ1) is 15.2. The Morgan fingerprint density at radius 2 is 2.15 bits per heavy atom. The number of ether oxygens (including phenoxy) is 4. The first-order valence-corrected chi connectivity index (χ1v) is 9.22. The van der Waals surface area contributed by atoms with Crippen LogP contribution in [0.2, 0.25) is 0 Å². The van der Waals surface area contributed by atoms with Crippen LogP contribution >= 0.6 is 0 Å². The summed E-state index contributed by atoms with van der Waals surface area (Å²) in [5.41, 5.74) is 2.55. The molecular weight excluding hydrogens is 336 g/mol. The summed E-state index contributed by atoms with van der Waals surface area (Å²) in [5, 5.41) is 0. The fourth-order valence-corrected chi connectivity index (χ4v) is 5.26. The lowest BCUT2D eigenvalue weighted by Gasteiger charge is -2.30. The zero-order valence-electron chi connectivity index (χ0n) is 14.4. The van der Waals surface area contributed by atoms with E-state index in [4.69, 9.17) is 23.4 Å². The van der Waals surface area contributed by atoms with Crippen molar-refractivity contribution in [1.29, 1.82) is 0 Å². The molecule has 1 aromatic heterocycles. The molecule has 0 aromatic carbocycles. The van der Waals surface area contributed by atoms with Gasteiger partial charge in [-0.25, -0.2) is 4.79 Å². The summed E-state index contributed by atoms with van der Waals surface area (Å²) in [6.07, 6.45) is 8.55. The molecule has 5 aliphatic rings. The van der Waals surface area contributed by atoms with Gasteiger partial charge in [0.1, 0.15) is 12.7 Å². The molecule has 5 heterocycles. The molecule has 0 saturated carbocycles. The first-order chi connectivity index (χ1) is 12.7. The van der Waals surface area contributed by atoms with Gasteiger partial charge >= 0.3 is 5.97 Å². The van der Waals surface area contributed by atoms with Gasteiger partial charge in [-0.1, -0.05) is 13.0 Å². The van der Waals surface area contributed by atoms with Crippen LogP contribution in [0.25, 0.3) is 0 Å². The fourth-order valence-electron chi connectivity index (χ4n) is 5.26. The predicted octanol–water partition coefficient (Wildman–Crippen LogP) is 2.67. The molecule has 6 heteroatoms. The number of epoxide rings is 1. The van der Waals surface area contributed by atoms with Gasteiger partial charge in [0.25, 0.3) is 0 Å². The normalized spacial score (nSPS) is 47.2. The highest BCUT2D eigenvalue weighted by atomic mass is 16.7. The molecule has 6 nitrogen and oxygen atoms in total. The fraction of sp³-hybridized carbons (Fsp3) is 0.550. The Morgan fingerprint density at radius 3 is 3.00 bits per heavy atom. The second-order valence-corrected chi connectivity index (χ2v) is 7.97. The predicted molar refractivity (Wildman–Crippen MR) is 87.8 cm³/mol. The Balaban J connectivity index is 1.38. The van der Waals surface area contributed by atoms with E-state index in [0.717, 1.165) is 17.6 Å². The van der Waals surface area contributed by atoms with E-state index in [1.807, 2.05) is 18.2 Å². The molecule has 1 spiro atoms. The molecule has 2 bridgehead atoms. The van der Waals surface area contributed by atoms with Crippen LogP contribution in [0.4, 0.5) is 0 Å². The third-order valence-corrected chi connectivity index (χ3v) is 6.82. The van der Waals surface area contributed by atoms with E-state index in [9.17, 15) is 4.79 Å². The van der Waals surface area contributed by atoms with Crippen molar-refractivity contribution < 1.29 is 28.2 Å². The van der Waals surface area contributed by atoms with Gasteiger partial charge in [-0.2, -0.15) is 0 Å².